The lowest BCUT2D eigenvalue weighted by Crippen LogP contribution is -2.20. The first kappa shape index (κ1) is 19.2. The summed E-state index contributed by atoms with van der Waals surface area (Å²) in [6, 6.07) is 6.51. The summed E-state index contributed by atoms with van der Waals surface area (Å²) in [6.07, 6.45) is 1.07. The van der Waals surface area contributed by atoms with Gasteiger partial charge in [0, 0.05) is 18.3 Å². The zero-order valence-electron chi connectivity index (χ0n) is 13.3. The van der Waals surface area contributed by atoms with E-state index in [0.717, 1.165) is 5.56 Å². The van der Waals surface area contributed by atoms with Gasteiger partial charge in [-0.15, -0.1) is 0 Å². The number of nitro groups is 1. The molecular weight excluding hydrogens is 320 g/mol. The molecule has 2 atom stereocenters. The first-order valence-corrected chi connectivity index (χ1v) is 9.02. The third kappa shape index (κ3) is 7.80. The van der Waals surface area contributed by atoms with Crippen LogP contribution in [-0.2, 0) is 10.0 Å². The van der Waals surface area contributed by atoms with Crippen molar-refractivity contribution in [2.45, 2.75) is 38.6 Å². The third-order valence-corrected chi connectivity index (χ3v) is 4.34. The highest BCUT2D eigenvalue weighted by Crippen LogP contribution is 2.20. The maximum atomic E-state index is 11.1. The summed E-state index contributed by atoms with van der Waals surface area (Å²) in [7, 11) is -3.51. The molecule has 0 radical (unpaired) electrons. The number of benzene rings is 1. The van der Waals surface area contributed by atoms with Gasteiger partial charge in [0.25, 0.3) is 0 Å². The Morgan fingerprint density at radius 1 is 1.26 bits per heavy atom. The third-order valence-electron chi connectivity index (χ3n) is 3.37. The minimum atomic E-state index is -3.51. The smallest absolute Gasteiger partial charge is 0.210 e. The summed E-state index contributed by atoms with van der Waals surface area (Å²) in [5.74, 6) is -0.303. The molecule has 0 fully saturated rings. The van der Waals surface area contributed by atoms with Crippen molar-refractivity contribution >= 4 is 15.7 Å². The molecule has 9 heteroatoms. The van der Waals surface area contributed by atoms with Crippen LogP contribution in [0.15, 0.2) is 34.5 Å². The normalized spacial score (nSPS) is 14.7. The lowest BCUT2D eigenvalue weighted by molar-refractivity contribution is -0.518. The van der Waals surface area contributed by atoms with E-state index in [4.69, 9.17) is 5.14 Å². The molecule has 0 bridgehead atoms. The van der Waals surface area contributed by atoms with Crippen LogP contribution in [0.3, 0.4) is 0 Å². The van der Waals surface area contributed by atoms with E-state index in [2.05, 4.69) is 10.2 Å². The van der Waals surface area contributed by atoms with E-state index >= 15 is 0 Å². The van der Waals surface area contributed by atoms with Gasteiger partial charge in [0.05, 0.1) is 18.0 Å². The van der Waals surface area contributed by atoms with Crippen LogP contribution < -0.4 is 5.14 Å². The van der Waals surface area contributed by atoms with Gasteiger partial charge >= 0.3 is 0 Å². The van der Waals surface area contributed by atoms with Crippen molar-refractivity contribution in [2.24, 2.45) is 15.4 Å². The Kier molecular flexibility index (Phi) is 7.24. The zero-order chi connectivity index (χ0) is 17.5. The molecule has 1 aromatic carbocycles. The van der Waals surface area contributed by atoms with Crippen molar-refractivity contribution in [2.75, 3.05) is 12.3 Å². The molecule has 0 amide bonds. The Balaban J connectivity index is 2.48. The van der Waals surface area contributed by atoms with E-state index in [1.54, 1.807) is 38.1 Å². The highest BCUT2D eigenvalue weighted by molar-refractivity contribution is 7.89. The monoisotopic (exact) mass is 342 g/mol. The number of sulfonamides is 1. The molecule has 0 aliphatic heterocycles. The van der Waals surface area contributed by atoms with Gasteiger partial charge < -0.3 is 0 Å². The van der Waals surface area contributed by atoms with Gasteiger partial charge in [-0.3, -0.25) is 10.1 Å². The van der Waals surface area contributed by atoms with Crippen LogP contribution in [0.1, 0.15) is 38.2 Å². The van der Waals surface area contributed by atoms with Gasteiger partial charge in [0.15, 0.2) is 0 Å². The summed E-state index contributed by atoms with van der Waals surface area (Å²) in [5.41, 5.74) is 1.51. The van der Waals surface area contributed by atoms with Crippen LogP contribution in [0.25, 0.3) is 0 Å². The fourth-order valence-corrected chi connectivity index (χ4v) is 2.90. The van der Waals surface area contributed by atoms with E-state index in [-0.39, 0.29) is 16.6 Å². The van der Waals surface area contributed by atoms with Gasteiger partial charge in [-0.05, 0) is 30.0 Å². The van der Waals surface area contributed by atoms with E-state index in [1.807, 2.05) is 0 Å². The van der Waals surface area contributed by atoms with Crippen molar-refractivity contribution in [3.05, 3.63) is 39.9 Å². The van der Waals surface area contributed by atoms with Crippen LogP contribution in [0.2, 0.25) is 0 Å². The van der Waals surface area contributed by atoms with E-state index in [0.29, 0.717) is 25.1 Å². The van der Waals surface area contributed by atoms with Crippen molar-refractivity contribution < 1.29 is 13.3 Å². The molecule has 2 N–H and O–H groups in total. The second-order valence-corrected chi connectivity index (χ2v) is 7.22. The lowest BCUT2D eigenvalue weighted by atomic mass is 10.0. The Hall–Kier alpha value is -1.87. The van der Waals surface area contributed by atoms with E-state index < -0.39 is 16.1 Å². The number of azo groups is 1. The van der Waals surface area contributed by atoms with Gasteiger partial charge in [0.1, 0.15) is 0 Å². The van der Waals surface area contributed by atoms with Gasteiger partial charge in [-0.25, -0.2) is 13.6 Å². The van der Waals surface area contributed by atoms with E-state index in [9.17, 15) is 18.5 Å². The number of rotatable bonds is 9. The number of nitrogens with two attached hydrogens (primary N) is 1. The Bertz CT molecular complexity index is 643. The molecule has 0 saturated carbocycles. The summed E-state index contributed by atoms with van der Waals surface area (Å²) in [6.45, 7) is 3.79. The number of nitrogens with zero attached hydrogens (tertiary/aromatic N) is 3. The molecule has 0 aromatic heterocycles. The molecule has 0 aliphatic carbocycles. The summed E-state index contributed by atoms with van der Waals surface area (Å²) in [5, 5.41) is 23.5. The first-order chi connectivity index (χ1) is 10.7. The van der Waals surface area contributed by atoms with Crippen LogP contribution in [0, 0.1) is 10.1 Å². The van der Waals surface area contributed by atoms with E-state index in [1.165, 1.54) is 0 Å². The van der Waals surface area contributed by atoms with Crippen molar-refractivity contribution in [3.8, 4) is 0 Å². The minimum absolute atomic E-state index is 0.109. The molecule has 0 aliphatic rings. The maximum Gasteiger partial charge on any atom is 0.210 e. The summed E-state index contributed by atoms with van der Waals surface area (Å²) in [4.78, 5) is 10.2. The predicted molar refractivity (Wildman–Crippen MR) is 87.9 cm³/mol. The molecule has 2 unspecified atom stereocenters. The number of hydrogen-bond acceptors (Lipinski definition) is 6. The molecule has 0 saturated heterocycles. The topological polar surface area (TPSA) is 128 Å². The van der Waals surface area contributed by atoms with Gasteiger partial charge in [-0.1, -0.05) is 19.1 Å². The van der Waals surface area contributed by atoms with Crippen molar-refractivity contribution in [1.29, 1.82) is 0 Å². The number of primary sulfonamides is 1. The van der Waals surface area contributed by atoms with Crippen LogP contribution in [-0.4, -0.2) is 31.7 Å². The first-order valence-electron chi connectivity index (χ1n) is 7.30. The molecule has 0 heterocycles. The minimum Gasteiger partial charge on any atom is -0.264 e. The molecular formula is C14H22N4O4S. The van der Waals surface area contributed by atoms with Crippen molar-refractivity contribution in [1.82, 2.24) is 0 Å². The molecule has 0 spiro atoms. The largest absolute Gasteiger partial charge is 0.264 e. The summed E-state index contributed by atoms with van der Waals surface area (Å²) < 4.78 is 22.2. The molecule has 1 rings (SSSR count). The second kappa shape index (κ2) is 8.68. The Morgan fingerprint density at radius 3 is 2.39 bits per heavy atom. The Morgan fingerprint density at radius 2 is 1.87 bits per heavy atom. The van der Waals surface area contributed by atoms with Crippen LogP contribution in [0.4, 0.5) is 5.69 Å². The molecule has 128 valence electrons. The molecule has 8 nitrogen and oxygen atoms in total. The SMILES string of the molecule is CC(CS(N)(=O)=O)c1ccc(N=NCCCC(C)[N+](=O)[O-])cc1. The number of hydrogen-bond donors (Lipinski definition) is 1. The van der Waals surface area contributed by atoms with Gasteiger partial charge in [-0.2, -0.15) is 10.2 Å². The second-order valence-electron chi connectivity index (χ2n) is 5.56. The van der Waals surface area contributed by atoms with Crippen molar-refractivity contribution in [3.63, 3.8) is 0 Å². The average Bonchev–Trinajstić information content (AvgIpc) is 2.45. The zero-order valence-corrected chi connectivity index (χ0v) is 14.1. The average molecular weight is 342 g/mol. The molecule has 1 aromatic rings. The fourth-order valence-electron chi connectivity index (χ4n) is 2.01. The Labute approximate surface area is 136 Å². The van der Waals surface area contributed by atoms with Gasteiger partial charge in [0.2, 0.25) is 16.1 Å². The standard InChI is InChI=1S/C14H22N4O4S/c1-11(10-23(15,21)22)13-5-7-14(8-6-13)17-16-9-3-4-12(2)18(19)20/h5-8,11-12H,3-4,9-10H2,1-2H3,(H2,15,21,22). The quantitative estimate of drug-likeness (QED) is 0.320. The highest BCUT2D eigenvalue weighted by Gasteiger charge is 2.13. The summed E-state index contributed by atoms with van der Waals surface area (Å²) >= 11 is 0. The predicted octanol–water partition coefficient (Wildman–Crippen LogP) is 2.61. The molecule has 23 heavy (non-hydrogen) atoms. The lowest BCUT2D eigenvalue weighted by Gasteiger charge is -2.10. The van der Waals surface area contributed by atoms with Crippen LogP contribution >= 0.6 is 0 Å². The van der Waals surface area contributed by atoms with Crippen LogP contribution in [0.5, 0.6) is 0 Å². The maximum absolute atomic E-state index is 11.1. The fraction of sp³-hybridized carbons (Fsp3) is 0.571. The highest BCUT2D eigenvalue weighted by atomic mass is 32.2.